The Hall–Kier alpha value is -2.31. The normalized spacial score (nSPS) is 16.0. The van der Waals surface area contributed by atoms with Crippen LogP contribution in [0.1, 0.15) is 56.8 Å². The smallest absolute Gasteiger partial charge is 0.151 e. The molecule has 0 N–H and O–H groups in total. The molecule has 3 aromatic heterocycles. The standard InChI is InChI=1S/C17H23N7/c1-2-6-14(7-3-1)24-17(20-21-22-24)8-4-5-11-23-13-19-15-12-18-10-9-16(15)23/h9-10,12-14H,1-8,11H2. The number of rotatable bonds is 6. The van der Waals surface area contributed by atoms with Gasteiger partial charge in [-0.1, -0.05) is 19.3 Å². The van der Waals surface area contributed by atoms with Gasteiger partial charge < -0.3 is 4.57 Å². The molecule has 0 aromatic carbocycles. The van der Waals surface area contributed by atoms with Crippen molar-refractivity contribution in [2.45, 2.75) is 64.0 Å². The third kappa shape index (κ3) is 3.16. The van der Waals surface area contributed by atoms with Gasteiger partial charge in [-0.15, -0.1) is 5.10 Å². The molecule has 24 heavy (non-hydrogen) atoms. The zero-order valence-corrected chi connectivity index (χ0v) is 13.9. The Labute approximate surface area is 141 Å². The lowest BCUT2D eigenvalue weighted by Crippen LogP contribution is -2.17. The van der Waals surface area contributed by atoms with Gasteiger partial charge in [0.1, 0.15) is 5.52 Å². The molecule has 0 saturated heterocycles. The van der Waals surface area contributed by atoms with Crippen molar-refractivity contribution >= 4 is 11.0 Å². The van der Waals surface area contributed by atoms with E-state index in [4.69, 9.17) is 0 Å². The van der Waals surface area contributed by atoms with Gasteiger partial charge in [-0.3, -0.25) is 4.98 Å². The van der Waals surface area contributed by atoms with Crippen molar-refractivity contribution in [2.75, 3.05) is 0 Å². The Balaban J connectivity index is 1.32. The maximum atomic E-state index is 4.39. The van der Waals surface area contributed by atoms with E-state index in [9.17, 15) is 0 Å². The van der Waals surface area contributed by atoms with Crippen LogP contribution in [0.25, 0.3) is 11.0 Å². The van der Waals surface area contributed by atoms with Crippen LogP contribution in [0.3, 0.4) is 0 Å². The van der Waals surface area contributed by atoms with Gasteiger partial charge in [0.2, 0.25) is 0 Å². The second kappa shape index (κ2) is 7.07. The highest BCUT2D eigenvalue weighted by molar-refractivity contribution is 5.73. The summed E-state index contributed by atoms with van der Waals surface area (Å²) >= 11 is 0. The van der Waals surface area contributed by atoms with E-state index >= 15 is 0 Å². The average molecular weight is 325 g/mol. The lowest BCUT2D eigenvalue weighted by Gasteiger charge is -2.22. The van der Waals surface area contributed by atoms with Gasteiger partial charge >= 0.3 is 0 Å². The predicted octanol–water partition coefficient (Wildman–Crippen LogP) is 2.95. The fourth-order valence-corrected chi connectivity index (χ4v) is 3.64. The Morgan fingerprint density at radius 3 is 2.96 bits per heavy atom. The van der Waals surface area contributed by atoms with Crippen LogP contribution in [-0.4, -0.2) is 34.7 Å². The number of aryl methyl sites for hydroxylation is 2. The van der Waals surface area contributed by atoms with Crippen LogP contribution in [0, 0.1) is 0 Å². The first-order valence-electron chi connectivity index (χ1n) is 8.93. The maximum Gasteiger partial charge on any atom is 0.151 e. The van der Waals surface area contributed by atoms with E-state index in [0.29, 0.717) is 6.04 Å². The molecule has 1 aliphatic carbocycles. The van der Waals surface area contributed by atoms with Gasteiger partial charge in [0.25, 0.3) is 0 Å². The largest absolute Gasteiger partial charge is 0.331 e. The van der Waals surface area contributed by atoms with Crippen molar-refractivity contribution < 1.29 is 0 Å². The van der Waals surface area contributed by atoms with Gasteiger partial charge in [0.15, 0.2) is 5.82 Å². The van der Waals surface area contributed by atoms with E-state index < -0.39 is 0 Å². The monoisotopic (exact) mass is 325 g/mol. The van der Waals surface area contributed by atoms with E-state index in [1.807, 2.05) is 24.8 Å². The molecule has 1 saturated carbocycles. The molecule has 126 valence electrons. The van der Waals surface area contributed by atoms with Crippen molar-refractivity contribution in [3.05, 3.63) is 30.6 Å². The molecule has 0 bridgehead atoms. The number of imidazole rings is 1. The molecule has 3 heterocycles. The molecule has 1 aliphatic rings. The van der Waals surface area contributed by atoms with E-state index in [1.165, 1.54) is 32.1 Å². The van der Waals surface area contributed by atoms with Gasteiger partial charge in [-0.05, 0) is 42.2 Å². The molecule has 1 fully saturated rings. The highest BCUT2D eigenvalue weighted by Crippen LogP contribution is 2.28. The number of unbranched alkanes of at least 4 members (excludes halogenated alkanes) is 1. The van der Waals surface area contributed by atoms with Crippen LogP contribution in [-0.2, 0) is 13.0 Å². The summed E-state index contributed by atoms with van der Waals surface area (Å²) in [4.78, 5) is 8.50. The highest BCUT2D eigenvalue weighted by Gasteiger charge is 2.19. The minimum atomic E-state index is 0.508. The van der Waals surface area contributed by atoms with Crippen molar-refractivity contribution in [2.24, 2.45) is 0 Å². The Morgan fingerprint density at radius 2 is 2.04 bits per heavy atom. The molecule has 0 amide bonds. The first-order valence-corrected chi connectivity index (χ1v) is 8.93. The van der Waals surface area contributed by atoms with Gasteiger partial charge in [-0.2, -0.15) is 0 Å². The maximum absolute atomic E-state index is 4.39. The Bertz CT molecular complexity index is 785. The van der Waals surface area contributed by atoms with Gasteiger partial charge in [0, 0.05) is 19.2 Å². The van der Waals surface area contributed by atoms with Crippen LogP contribution >= 0.6 is 0 Å². The lowest BCUT2D eigenvalue weighted by atomic mass is 9.95. The van der Waals surface area contributed by atoms with E-state index in [-0.39, 0.29) is 0 Å². The van der Waals surface area contributed by atoms with Crippen LogP contribution < -0.4 is 0 Å². The van der Waals surface area contributed by atoms with E-state index in [1.54, 1.807) is 0 Å². The van der Waals surface area contributed by atoms with Crippen LogP contribution in [0.4, 0.5) is 0 Å². The molecule has 3 aromatic rings. The topological polar surface area (TPSA) is 74.3 Å². The summed E-state index contributed by atoms with van der Waals surface area (Å²) in [5, 5.41) is 12.4. The van der Waals surface area contributed by atoms with Gasteiger partial charge in [-0.25, -0.2) is 9.67 Å². The van der Waals surface area contributed by atoms with Gasteiger partial charge in [0.05, 0.1) is 24.1 Å². The number of aromatic nitrogens is 7. The second-order valence-corrected chi connectivity index (χ2v) is 6.59. The summed E-state index contributed by atoms with van der Waals surface area (Å²) in [5.74, 6) is 1.04. The molecule has 7 nitrogen and oxygen atoms in total. The van der Waals surface area contributed by atoms with Crippen molar-refractivity contribution in [1.82, 2.24) is 34.7 Å². The molecule has 0 atom stereocenters. The van der Waals surface area contributed by atoms with Crippen LogP contribution in [0.5, 0.6) is 0 Å². The summed E-state index contributed by atoms with van der Waals surface area (Å²) < 4.78 is 4.28. The number of hydrogen-bond donors (Lipinski definition) is 0. The fraction of sp³-hybridized carbons (Fsp3) is 0.588. The summed E-state index contributed by atoms with van der Waals surface area (Å²) in [5.41, 5.74) is 2.11. The summed E-state index contributed by atoms with van der Waals surface area (Å²) in [6.07, 6.45) is 15.0. The van der Waals surface area contributed by atoms with Crippen molar-refractivity contribution in [1.29, 1.82) is 0 Å². The predicted molar refractivity (Wildman–Crippen MR) is 90.4 cm³/mol. The third-order valence-electron chi connectivity index (χ3n) is 4.95. The molecule has 0 radical (unpaired) electrons. The summed E-state index contributed by atoms with van der Waals surface area (Å²) in [6.45, 7) is 0.964. The lowest BCUT2D eigenvalue weighted by molar-refractivity contribution is 0.316. The van der Waals surface area contributed by atoms with Crippen LogP contribution in [0.2, 0.25) is 0 Å². The fourth-order valence-electron chi connectivity index (χ4n) is 3.64. The number of hydrogen-bond acceptors (Lipinski definition) is 5. The number of nitrogens with zero attached hydrogens (tertiary/aromatic N) is 7. The summed E-state index contributed by atoms with van der Waals surface area (Å²) in [6, 6.07) is 2.53. The second-order valence-electron chi connectivity index (χ2n) is 6.59. The minimum absolute atomic E-state index is 0.508. The molecular weight excluding hydrogens is 302 g/mol. The third-order valence-corrected chi connectivity index (χ3v) is 4.95. The highest BCUT2D eigenvalue weighted by atomic mass is 15.5. The van der Waals surface area contributed by atoms with Crippen molar-refractivity contribution in [3.63, 3.8) is 0 Å². The first-order chi connectivity index (χ1) is 11.9. The summed E-state index contributed by atoms with van der Waals surface area (Å²) in [7, 11) is 0. The van der Waals surface area contributed by atoms with E-state index in [0.717, 1.165) is 42.7 Å². The quantitative estimate of drug-likeness (QED) is 0.651. The Kier molecular flexibility index (Phi) is 4.49. The Morgan fingerprint density at radius 1 is 1.12 bits per heavy atom. The van der Waals surface area contributed by atoms with Crippen LogP contribution in [0.15, 0.2) is 24.8 Å². The zero-order valence-electron chi connectivity index (χ0n) is 13.9. The molecule has 0 spiro atoms. The number of fused-ring (bicyclic) bond motifs is 1. The molecule has 7 heteroatoms. The van der Waals surface area contributed by atoms with E-state index in [2.05, 4.69) is 34.7 Å². The first kappa shape index (κ1) is 15.2. The number of pyridine rings is 1. The molecular formula is C17H23N7. The van der Waals surface area contributed by atoms with Crippen molar-refractivity contribution in [3.8, 4) is 0 Å². The molecule has 0 aliphatic heterocycles. The minimum Gasteiger partial charge on any atom is -0.331 e. The SMILES string of the molecule is c1cc2c(cn1)ncn2CCCCc1nnnn1C1CCCCC1. The number of tetrazole rings is 1. The average Bonchev–Trinajstić information content (AvgIpc) is 3.27. The zero-order chi connectivity index (χ0) is 16.2. The molecule has 4 rings (SSSR count). The molecule has 0 unspecified atom stereocenters.